The van der Waals surface area contributed by atoms with E-state index in [1.165, 1.54) is 51.5 Å². The van der Waals surface area contributed by atoms with Crippen LogP contribution in [0.3, 0.4) is 0 Å². The fourth-order valence-corrected chi connectivity index (χ4v) is 7.80. The van der Waals surface area contributed by atoms with E-state index in [0.717, 1.165) is 12.8 Å². The van der Waals surface area contributed by atoms with Gasteiger partial charge in [0.2, 0.25) is 6.79 Å². The minimum Gasteiger partial charge on any atom is -0.481 e. The maximum Gasteiger partial charge on any atom is 0.510 e. The van der Waals surface area contributed by atoms with Crippen LogP contribution in [0.5, 0.6) is 0 Å². The summed E-state index contributed by atoms with van der Waals surface area (Å²) in [7, 11) is -4.66. The van der Waals surface area contributed by atoms with Crippen LogP contribution in [0.2, 0.25) is 0 Å². The van der Waals surface area contributed by atoms with Crippen LogP contribution in [0, 0.1) is 39.9 Å². The Morgan fingerprint density at radius 3 is 2.25 bits per heavy atom. The highest BCUT2D eigenvalue weighted by Crippen LogP contribution is 2.56. The first-order valence-corrected chi connectivity index (χ1v) is 19.9. The van der Waals surface area contributed by atoms with E-state index in [1.54, 1.807) is 19.9 Å². The molecule has 1 unspecified atom stereocenters. The Morgan fingerprint density at radius 2 is 1.68 bits per heavy atom. The predicted molar refractivity (Wildman–Crippen MR) is 198 cm³/mol. The van der Waals surface area contributed by atoms with Gasteiger partial charge in [0.15, 0.2) is 11.4 Å². The third kappa shape index (κ3) is 10.9. The highest BCUT2D eigenvalue weighted by molar-refractivity contribution is 7.51. The second-order valence-corrected chi connectivity index (χ2v) is 17.3. The number of nitriles is 1. The number of esters is 1. The Labute approximate surface area is 326 Å². The molecule has 2 aromatic heterocycles. The number of hydrogen-bond donors (Lipinski definition) is 4. The molecule has 0 spiro atoms. The number of nitrogens with one attached hydrogen (secondary N) is 1. The van der Waals surface area contributed by atoms with Crippen LogP contribution in [0.25, 0.3) is 5.52 Å². The standard InChI is InChI=1S/C36H55N6O13P/c1-10-23(11-2)16-50-30(43)22(5)41-56(49,53-20-51-33(48)54-21(3)4)52-17-27-24(14-34(6,7)31(44)45)25(15-35(8,9)32(46)47)36(18-37,55-27)28-13-12-26-29(38)39-19-40-42(26)28/h12-13,19,21-25,27H,10-11,14-17,20H2,1-9H3,(H,41,49)(H,44,45)(H,46,47)(H2,38,39,40)/t22-,24+,25+,27-,36+,56?/m0/s1. The number of nitrogens with two attached hydrogens (primary N) is 1. The van der Waals surface area contributed by atoms with E-state index in [1.807, 2.05) is 13.8 Å². The molecule has 19 nitrogen and oxygen atoms in total. The number of aromatic nitrogens is 3. The number of carbonyl (C=O) groups is 4. The number of ether oxygens (including phenoxy) is 4. The molecule has 0 saturated carbocycles. The third-order valence-corrected chi connectivity index (χ3v) is 11.6. The zero-order valence-electron chi connectivity index (χ0n) is 33.3. The quantitative estimate of drug-likeness (QED) is 0.0709. The molecule has 20 heteroatoms. The maximum absolute atomic E-state index is 14.4. The summed E-state index contributed by atoms with van der Waals surface area (Å²) in [5.74, 6) is -4.95. The first kappa shape index (κ1) is 46.0. The first-order valence-electron chi connectivity index (χ1n) is 18.4. The number of anilines is 1. The third-order valence-electron chi connectivity index (χ3n) is 9.98. The number of carboxylic acids is 2. The molecule has 0 aromatic carbocycles. The molecule has 0 radical (unpaired) electrons. The van der Waals surface area contributed by atoms with Gasteiger partial charge in [0.25, 0.3) is 0 Å². The van der Waals surface area contributed by atoms with Gasteiger partial charge < -0.3 is 34.9 Å². The van der Waals surface area contributed by atoms with Gasteiger partial charge in [-0.05, 0) is 85.3 Å². The zero-order chi connectivity index (χ0) is 42.2. The van der Waals surface area contributed by atoms with Crippen LogP contribution in [0.4, 0.5) is 10.6 Å². The van der Waals surface area contributed by atoms with Crippen molar-refractivity contribution in [2.75, 3.05) is 25.7 Å². The molecule has 3 rings (SSSR count). The zero-order valence-corrected chi connectivity index (χ0v) is 34.2. The summed E-state index contributed by atoms with van der Waals surface area (Å²) >= 11 is 0. The Hall–Kier alpha value is -4.34. The lowest BCUT2D eigenvalue weighted by Crippen LogP contribution is -2.41. The molecule has 0 amide bonds. The van der Waals surface area contributed by atoms with E-state index in [-0.39, 0.29) is 36.9 Å². The Bertz CT molecular complexity index is 1810. The predicted octanol–water partition coefficient (Wildman–Crippen LogP) is 5.28. The van der Waals surface area contributed by atoms with Crippen LogP contribution < -0.4 is 10.8 Å². The van der Waals surface area contributed by atoms with Crippen LogP contribution in [-0.2, 0) is 52.5 Å². The minimum absolute atomic E-state index is 0.0828. The summed E-state index contributed by atoms with van der Waals surface area (Å²) in [6.45, 7) is 12.8. The lowest BCUT2D eigenvalue weighted by Gasteiger charge is -2.36. The molecule has 312 valence electrons. The van der Waals surface area contributed by atoms with Crippen molar-refractivity contribution in [1.29, 1.82) is 5.26 Å². The number of rotatable bonds is 21. The molecule has 0 aliphatic carbocycles. The van der Waals surface area contributed by atoms with E-state index in [9.17, 15) is 39.2 Å². The summed E-state index contributed by atoms with van der Waals surface area (Å²) in [4.78, 5) is 54.2. The number of fused-ring (bicyclic) bond motifs is 1. The molecule has 3 heterocycles. The van der Waals surface area contributed by atoms with Gasteiger partial charge in [-0.2, -0.15) is 10.4 Å². The molecule has 1 aliphatic heterocycles. The molecule has 0 bridgehead atoms. The molecule has 1 aliphatic rings. The molecular weight excluding hydrogens is 755 g/mol. The van der Waals surface area contributed by atoms with Crippen LogP contribution >= 0.6 is 7.75 Å². The Kier molecular flexibility index (Phi) is 15.4. The molecule has 5 N–H and O–H groups in total. The summed E-state index contributed by atoms with van der Waals surface area (Å²) < 4.78 is 48.9. The first-order chi connectivity index (χ1) is 26.1. The van der Waals surface area contributed by atoms with E-state index >= 15 is 0 Å². The summed E-state index contributed by atoms with van der Waals surface area (Å²) in [6.07, 6.45) is -0.602. The van der Waals surface area contributed by atoms with Crippen molar-refractivity contribution in [3.8, 4) is 6.07 Å². The van der Waals surface area contributed by atoms with Gasteiger partial charge in [0, 0.05) is 5.92 Å². The van der Waals surface area contributed by atoms with E-state index in [0.29, 0.717) is 5.52 Å². The number of carboxylic acid groups (broad SMARTS) is 2. The van der Waals surface area contributed by atoms with Crippen LogP contribution in [0.1, 0.15) is 93.7 Å². The molecule has 6 atom stereocenters. The highest BCUT2D eigenvalue weighted by atomic mass is 31.2. The number of hydrogen-bond acceptors (Lipinski definition) is 15. The number of aliphatic carboxylic acids is 2. The smallest absolute Gasteiger partial charge is 0.481 e. The molecule has 2 aromatic rings. The second-order valence-electron chi connectivity index (χ2n) is 15.5. The van der Waals surface area contributed by atoms with Crippen LogP contribution in [-0.4, -0.2) is 87.1 Å². The van der Waals surface area contributed by atoms with Crippen molar-refractivity contribution >= 4 is 43.1 Å². The fourth-order valence-electron chi connectivity index (χ4n) is 6.46. The normalized spacial score (nSPS) is 21.7. The average Bonchev–Trinajstić information content (AvgIpc) is 3.67. The van der Waals surface area contributed by atoms with E-state index in [2.05, 4.69) is 21.2 Å². The molecular formula is C36H55N6O13P. The number of carbonyl (C=O) groups excluding carboxylic acids is 2. The SMILES string of the molecule is CCC(CC)COC(=O)[C@H](C)NP(=O)(OCOC(=O)OC(C)C)OC[C@@H]1O[C@@](C#N)(c2ccc3c(N)ncnn23)[C@H](CC(C)(C)C(=O)O)[C@H]1CC(C)(C)C(=O)O. The summed E-state index contributed by atoms with van der Waals surface area (Å²) in [5, 5.41) is 38.3. The van der Waals surface area contributed by atoms with Gasteiger partial charge in [-0.15, -0.1) is 0 Å². The number of nitrogen functional groups attached to an aromatic ring is 1. The van der Waals surface area contributed by atoms with Crippen molar-refractivity contribution in [3.63, 3.8) is 0 Å². The van der Waals surface area contributed by atoms with E-state index in [4.69, 9.17) is 33.7 Å². The van der Waals surface area contributed by atoms with Crippen molar-refractivity contribution in [3.05, 3.63) is 24.2 Å². The average molecular weight is 811 g/mol. The summed E-state index contributed by atoms with van der Waals surface area (Å²) in [6, 6.07) is 4.05. The van der Waals surface area contributed by atoms with Gasteiger partial charge in [-0.3, -0.25) is 23.4 Å². The maximum atomic E-state index is 14.4. The monoisotopic (exact) mass is 810 g/mol. The van der Waals surface area contributed by atoms with Gasteiger partial charge >= 0.3 is 31.8 Å². The fraction of sp³-hybridized carbons (Fsp3) is 0.694. The second kappa shape index (κ2) is 18.7. The Balaban J connectivity index is 2.11. The van der Waals surface area contributed by atoms with Crippen molar-refractivity contribution in [2.24, 2.45) is 28.6 Å². The van der Waals surface area contributed by atoms with Gasteiger partial charge in [0.1, 0.15) is 24.0 Å². The van der Waals surface area contributed by atoms with E-state index < -0.39 is 91.7 Å². The number of nitrogens with zero attached hydrogens (tertiary/aromatic N) is 4. The topological polar surface area (TPSA) is 273 Å². The van der Waals surface area contributed by atoms with Crippen molar-refractivity contribution in [2.45, 2.75) is 112 Å². The van der Waals surface area contributed by atoms with Gasteiger partial charge in [-0.25, -0.2) is 23.9 Å². The lowest BCUT2D eigenvalue weighted by molar-refractivity contribution is -0.150. The van der Waals surface area contributed by atoms with Crippen molar-refractivity contribution in [1.82, 2.24) is 19.7 Å². The lowest BCUT2D eigenvalue weighted by atomic mass is 9.66. The Morgan fingerprint density at radius 1 is 1.05 bits per heavy atom. The van der Waals surface area contributed by atoms with Crippen molar-refractivity contribution < 1.29 is 62.0 Å². The van der Waals surface area contributed by atoms with Crippen LogP contribution in [0.15, 0.2) is 18.5 Å². The summed E-state index contributed by atoms with van der Waals surface area (Å²) in [5.41, 5.74) is 1.66. The minimum atomic E-state index is -4.66. The molecule has 1 fully saturated rings. The highest BCUT2D eigenvalue weighted by Gasteiger charge is 2.61. The molecule has 1 saturated heterocycles. The largest absolute Gasteiger partial charge is 0.510 e. The van der Waals surface area contributed by atoms with Gasteiger partial charge in [-0.1, -0.05) is 26.7 Å². The molecule has 56 heavy (non-hydrogen) atoms. The van der Waals surface area contributed by atoms with Gasteiger partial charge in [0.05, 0.1) is 41.9 Å².